The van der Waals surface area contributed by atoms with Crippen molar-refractivity contribution in [1.82, 2.24) is 0 Å². The first-order valence-electron chi connectivity index (χ1n) is 7.64. The Labute approximate surface area is 144 Å². The van der Waals surface area contributed by atoms with Crippen LogP contribution in [0.15, 0.2) is 75.9 Å². The largest absolute Gasteiger partial charge is 0.468 e. The highest BCUT2D eigenvalue weighted by Crippen LogP contribution is 2.39. The van der Waals surface area contributed by atoms with E-state index in [-0.39, 0.29) is 23.6 Å². The van der Waals surface area contributed by atoms with Crippen molar-refractivity contribution in [2.24, 2.45) is 5.73 Å². The molecular formula is C19H16N2O4. The molecule has 1 aliphatic heterocycles. The molecule has 0 aliphatic carbocycles. The first-order valence-corrected chi connectivity index (χ1v) is 7.64. The summed E-state index contributed by atoms with van der Waals surface area (Å²) >= 11 is 0. The maximum absolute atomic E-state index is 12.6. The summed E-state index contributed by atoms with van der Waals surface area (Å²) in [5.74, 6) is -0.731. The van der Waals surface area contributed by atoms with Crippen LogP contribution in [0.25, 0.3) is 0 Å². The van der Waals surface area contributed by atoms with E-state index in [2.05, 4.69) is 6.07 Å². The van der Waals surface area contributed by atoms with Gasteiger partial charge < -0.3 is 19.6 Å². The zero-order valence-corrected chi connectivity index (χ0v) is 13.6. The van der Waals surface area contributed by atoms with Crippen LogP contribution in [-0.4, -0.2) is 5.97 Å². The number of nitrogens with zero attached hydrogens (tertiary/aromatic N) is 1. The second-order valence-corrected chi connectivity index (χ2v) is 5.47. The molecule has 0 saturated carbocycles. The van der Waals surface area contributed by atoms with Crippen molar-refractivity contribution >= 4 is 5.97 Å². The van der Waals surface area contributed by atoms with Crippen LogP contribution in [0.3, 0.4) is 0 Å². The number of carbonyl (C=O) groups excluding carboxylic acids is 1. The molecule has 0 saturated heterocycles. The van der Waals surface area contributed by atoms with Gasteiger partial charge in [-0.05, 0) is 24.6 Å². The van der Waals surface area contributed by atoms with Gasteiger partial charge in [0, 0.05) is 0 Å². The zero-order chi connectivity index (χ0) is 17.8. The average Bonchev–Trinajstić information content (AvgIpc) is 3.14. The van der Waals surface area contributed by atoms with Crippen molar-refractivity contribution in [3.63, 3.8) is 0 Å². The topological polar surface area (TPSA) is 98.5 Å². The number of esters is 1. The molecule has 2 N–H and O–H groups in total. The summed E-state index contributed by atoms with van der Waals surface area (Å²) in [5, 5.41) is 9.48. The highest BCUT2D eigenvalue weighted by molar-refractivity contribution is 5.92. The molecule has 0 bridgehead atoms. The van der Waals surface area contributed by atoms with Crippen LogP contribution in [0.5, 0.6) is 0 Å². The van der Waals surface area contributed by atoms with Crippen LogP contribution in [0, 0.1) is 11.3 Å². The predicted molar refractivity (Wildman–Crippen MR) is 88.3 cm³/mol. The fourth-order valence-corrected chi connectivity index (χ4v) is 2.67. The lowest BCUT2D eigenvalue weighted by Gasteiger charge is -2.25. The molecule has 1 aromatic carbocycles. The summed E-state index contributed by atoms with van der Waals surface area (Å²) in [6.07, 6.45) is 1.47. The molecule has 0 unspecified atom stereocenters. The van der Waals surface area contributed by atoms with Gasteiger partial charge in [0.2, 0.25) is 5.88 Å². The van der Waals surface area contributed by atoms with E-state index < -0.39 is 11.9 Å². The molecule has 0 radical (unpaired) electrons. The van der Waals surface area contributed by atoms with Crippen LogP contribution in [0.1, 0.15) is 24.2 Å². The van der Waals surface area contributed by atoms with Gasteiger partial charge in [-0.1, -0.05) is 30.3 Å². The fraction of sp³-hybridized carbons (Fsp3) is 0.158. The summed E-state index contributed by atoms with van der Waals surface area (Å²) in [7, 11) is 0. The van der Waals surface area contributed by atoms with Crippen molar-refractivity contribution in [3.05, 3.63) is 82.8 Å². The summed E-state index contributed by atoms with van der Waals surface area (Å²) < 4.78 is 16.1. The minimum absolute atomic E-state index is 0.0630. The van der Waals surface area contributed by atoms with Gasteiger partial charge in [0.15, 0.2) is 0 Å². The van der Waals surface area contributed by atoms with Gasteiger partial charge in [0.05, 0.1) is 23.8 Å². The number of hydrogen-bond donors (Lipinski definition) is 1. The number of allylic oxidation sites excluding steroid dienone is 2. The Hall–Kier alpha value is -3.46. The van der Waals surface area contributed by atoms with Crippen molar-refractivity contribution in [3.8, 4) is 6.07 Å². The van der Waals surface area contributed by atoms with Crippen LogP contribution in [-0.2, 0) is 20.9 Å². The molecule has 1 atom stereocenters. The minimum Gasteiger partial charge on any atom is -0.468 e. The van der Waals surface area contributed by atoms with E-state index in [1.165, 1.54) is 6.26 Å². The minimum atomic E-state index is -0.753. The molecule has 6 heteroatoms. The van der Waals surface area contributed by atoms with E-state index >= 15 is 0 Å². The zero-order valence-electron chi connectivity index (χ0n) is 13.6. The van der Waals surface area contributed by atoms with Crippen molar-refractivity contribution in [2.45, 2.75) is 19.4 Å². The number of hydrogen-bond acceptors (Lipinski definition) is 6. The second-order valence-electron chi connectivity index (χ2n) is 5.47. The molecule has 1 aliphatic rings. The molecule has 0 spiro atoms. The molecule has 126 valence electrons. The highest BCUT2D eigenvalue weighted by Gasteiger charge is 2.38. The summed E-state index contributed by atoms with van der Waals surface area (Å²) in [6, 6.07) is 14.7. The summed E-state index contributed by atoms with van der Waals surface area (Å²) in [6.45, 7) is 1.71. The van der Waals surface area contributed by atoms with Crippen LogP contribution in [0.2, 0.25) is 0 Å². The van der Waals surface area contributed by atoms with Gasteiger partial charge in [-0.3, -0.25) is 0 Å². The number of benzene rings is 1. The fourth-order valence-electron chi connectivity index (χ4n) is 2.67. The normalized spacial score (nSPS) is 17.0. The SMILES string of the molecule is CC1=C(C#N)[C@H](c2ccco2)C(C(=O)OCc2ccccc2)=C(N)O1. The van der Waals surface area contributed by atoms with Crippen LogP contribution in [0.4, 0.5) is 0 Å². The number of nitriles is 1. The van der Waals surface area contributed by atoms with Crippen molar-refractivity contribution in [2.75, 3.05) is 0 Å². The van der Waals surface area contributed by atoms with Gasteiger partial charge in [0.25, 0.3) is 0 Å². The van der Waals surface area contributed by atoms with Gasteiger partial charge in [-0.15, -0.1) is 0 Å². The smallest absolute Gasteiger partial charge is 0.340 e. The molecule has 6 nitrogen and oxygen atoms in total. The van der Waals surface area contributed by atoms with Crippen molar-refractivity contribution in [1.29, 1.82) is 5.26 Å². The van der Waals surface area contributed by atoms with Crippen LogP contribution >= 0.6 is 0 Å². The number of carbonyl (C=O) groups is 1. The number of rotatable bonds is 4. The van der Waals surface area contributed by atoms with Gasteiger partial charge >= 0.3 is 5.97 Å². The molecule has 1 aromatic heterocycles. The molecule has 25 heavy (non-hydrogen) atoms. The van der Waals surface area contributed by atoms with E-state index in [0.29, 0.717) is 11.5 Å². The first-order chi connectivity index (χ1) is 12.1. The Morgan fingerprint density at radius 1 is 1.28 bits per heavy atom. The van der Waals surface area contributed by atoms with Crippen LogP contribution < -0.4 is 5.73 Å². The highest BCUT2D eigenvalue weighted by atomic mass is 16.5. The third-order valence-corrected chi connectivity index (χ3v) is 3.87. The van der Waals surface area contributed by atoms with E-state index in [4.69, 9.17) is 19.6 Å². The molecule has 0 fully saturated rings. The Bertz CT molecular complexity index is 874. The number of furan rings is 1. The van der Waals surface area contributed by atoms with E-state index in [0.717, 1.165) is 5.56 Å². The third-order valence-electron chi connectivity index (χ3n) is 3.87. The second kappa shape index (κ2) is 6.97. The number of nitrogens with two attached hydrogens (primary N) is 1. The monoisotopic (exact) mass is 336 g/mol. The molecule has 0 amide bonds. The lowest BCUT2D eigenvalue weighted by atomic mass is 9.87. The number of ether oxygens (including phenoxy) is 2. The summed E-state index contributed by atoms with van der Waals surface area (Å²) in [5.41, 5.74) is 7.09. The Morgan fingerprint density at radius 3 is 2.68 bits per heavy atom. The molecule has 3 rings (SSSR count). The Morgan fingerprint density at radius 2 is 2.04 bits per heavy atom. The third kappa shape index (κ3) is 3.26. The molecule has 2 heterocycles. The van der Waals surface area contributed by atoms with E-state index in [9.17, 15) is 10.1 Å². The van der Waals surface area contributed by atoms with Crippen molar-refractivity contribution < 1.29 is 18.7 Å². The Kier molecular flexibility index (Phi) is 4.57. The first kappa shape index (κ1) is 16.4. The molecule has 2 aromatic rings. The standard InChI is InChI=1S/C19H16N2O4/c1-12-14(10-20)16(15-8-5-9-23-15)17(18(21)25-12)19(22)24-11-13-6-3-2-4-7-13/h2-9,16H,11,21H2,1H3/t16-/m1/s1. The average molecular weight is 336 g/mol. The summed E-state index contributed by atoms with van der Waals surface area (Å²) in [4.78, 5) is 12.6. The lowest BCUT2D eigenvalue weighted by molar-refractivity contribution is -0.141. The Balaban J connectivity index is 1.90. The van der Waals surface area contributed by atoms with Gasteiger partial charge in [-0.25, -0.2) is 4.79 Å². The lowest BCUT2D eigenvalue weighted by Crippen LogP contribution is -2.26. The molecular weight excluding hydrogens is 320 g/mol. The van der Waals surface area contributed by atoms with Gasteiger partial charge in [-0.2, -0.15) is 5.26 Å². The quantitative estimate of drug-likeness (QED) is 0.861. The maximum Gasteiger partial charge on any atom is 0.340 e. The van der Waals surface area contributed by atoms with E-state index in [1.54, 1.807) is 19.1 Å². The maximum atomic E-state index is 12.6. The van der Waals surface area contributed by atoms with E-state index in [1.807, 2.05) is 30.3 Å². The predicted octanol–water partition coefficient (Wildman–Crippen LogP) is 3.10. The van der Waals surface area contributed by atoms with Gasteiger partial charge in [0.1, 0.15) is 23.7 Å².